The molecule has 1 aromatic carbocycles. The van der Waals surface area contributed by atoms with Crippen LogP contribution in [0.15, 0.2) is 18.2 Å². The van der Waals surface area contributed by atoms with E-state index in [9.17, 15) is 17.6 Å². The van der Waals surface area contributed by atoms with Crippen molar-refractivity contribution >= 4 is 0 Å². The zero-order chi connectivity index (χ0) is 12.3. The van der Waals surface area contributed by atoms with E-state index in [0.29, 0.717) is 5.56 Å². The molecular weight excluding hydrogens is 226 g/mol. The highest BCUT2D eigenvalue weighted by Gasteiger charge is 2.30. The van der Waals surface area contributed by atoms with Crippen LogP contribution in [0.25, 0.3) is 0 Å². The lowest BCUT2D eigenvalue weighted by Gasteiger charge is -2.16. The minimum atomic E-state index is -3.24. The molecule has 0 aliphatic carbocycles. The van der Waals surface area contributed by atoms with Crippen molar-refractivity contribution < 1.29 is 22.3 Å². The largest absolute Gasteiger partial charge is 0.435 e. The van der Waals surface area contributed by atoms with Gasteiger partial charge in [0.25, 0.3) is 5.92 Å². The maximum atomic E-state index is 13.2. The molecular formula is C10H11F4NO. The van der Waals surface area contributed by atoms with Crippen LogP contribution in [-0.2, 0) is 5.92 Å². The summed E-state index contributed by atoms with van der Waals surface area (Å²) in [6, 6.07) is 3.31. The molecule has 0 aliphatic rings. The number of halogens is 4. The normalized spacial score (nSPS) is 11.9. The van der Waals surface area contributed by atoms with Gasteiger partial charge in [-0.3, -0.25) is 0 Å². The predicted octanol–water partition coefficient (Wildman–Crippen LogP) is 2.65. The van der Waals surface area contributed by atoms with E-state index in [1.165, 1.54) is 13.0 Å². The summed E-state index contributed by atoms with van der Waals surface area (Å²) in [5, 5.41) is 0. The fraction of sp³-hybridized carbons (Fsp3) is 0.400. The molecule has 0 aliphatic heterocycles. The predicted molar refractivity (Wildman–Crippen MR) is 50.8 cm³/mol. The van der Waals surface area contributed by atoms with Gasteiger partial charge in [0, 0.05) is 5.56 Å². The van der Waals surface area contributed by atoms with Crippen LogP contribution in [0.4, 0.5) is 17.6 Å². The average Bonchev–Trinajstić information content (AvgIpc) is 2.20. The number of alkyl halides is 4. The van der Waals surface area contributed by atoms with Crippen molar-refractivity contribution in [2.24, 2.45) is 5.73 Å². The summed E-state index contributed by atoms with van der Waals surface area (Å²) in [6.45, 7) is -2.44. The van der Waals surface area contributed by atoms with Crippen LogP contribution in [-0.4, -0.2) is 13.2 Å². The smallest absolute Gasteiger partial charge is 0.387 e. The molecule has 16 heavy (non-hydrogen) atoms. The van der Waals surface area contributed by atoms with E-state index >= 15 is 0 Å². The third-order valence-electron chi connectivity index (χ3n) is 2.08. The Labute approximate surface area is 90.0 Å². The van der Waals surface area contributed by atoms with E-state index < -0.39 is 24.6 Å². The molecule has 90 valence electrons. The van der Waals surface area contributed by atoms with Crippen LogP contribution in [0.3, 0.4) is 0 Å². The van der Waals surface area contributed by atoms with Gasteiger partial charge in [0.1, 0.15) is 5.75 Å². The third-order valence-corrected chi connectivity index (χ3v) is 2.08. The van der Waals surface area contributed by atoms with Crippen molar-refractivity contribution in [3.05, 3.63) is 29.3 Å². The summed E-state index contributed by atoms with van der Waals surface area (Å²) in [5.74, 6) is -3.51. The average molecular weight is 237 g/mol. The number of hydrogen-bond acceptors (Lipinski definition) is 2. The summed E-state index contributed by atoms with van der Waals surface area (Å²) in [7, 11) is 0. The molecule has 0 unspecified atom stereocenters. The van der Waals surface area contributed by atoms with Gasteiger partial charge < -0.3 is 10.5 Å². The molecule has 2 nitrogen and oxygen atoms in total. The lowest BCUT2D eigenvalue weighted by Crippen LogP contribution is -2.25. The van der Waals surface area contributed by atoms with Gasteiger partial charge in [0.2, 0.25) is 0 Å². The molecule has 2 N–H and O–H groups in total. The Kier molecular flexibility index (Phi) is 3.74. The number of hydrogen-bond donors (Lipinski definition) is 1. The Morgan fingerprint density at radius 2 is 2.00 bits per heavy atom. The van der Waals surface area contributed by atoms with Crippen molar-refractivity contribution in [1.29, 1.82) is 0 Å². The quantitative estimate of drug-likeness (QED) is 0.817. The second-order valence-electron chi connectivity index (χ2n) is 3.27. The zero-order valence-electron chi connectivity index (χ0n) is 8.51. The van der Waals surface area contributed by atoms with Gasteiger partial charge in [-0.2, -0.15) is 17.6 Å². The van der Waals surface area contributed by atoms with Crippen LogP contribution in [0.2, 0.25) is 0 Å². The molecule has 0 fully saturated rings. The maximum absolute atomic E-state index is 13.2. The molecule has 0 saturated heterocycles. The van der Waals surface area contributed by atoms with Gasteiger partial charge >= 0.3 is 6.61 Å². The number of aryl methyl sites for hydroxylation is 1. The SMILES string of the molecule is Cc1ccc(C(F)(F)CN)cc1OC(F)F. The van der Waals surface area contributed by atoms with E-state index in [-0.39, 0.29) is 5.75 Å². The molecule has 1 rings (SSSR count). The molecule has 0 saturated carbocycles. The van der Waals surface area contributed by atoms with Crippen molar-refractivity contribution in [3.63, 3.8) is 0 Å². The lowest BCUT2D eigenvalue weighted by molar-refractivity contribution is -0.0510. The molecule has 6 heteroatoms. The molecule has 0 radical (unpaired) electrons. The Hall–Kier alpha value is -1.30. The number of nitrogens with two attached hydrogens (primary N) is 1. The lowest BCUT2D eigenvalue weighted by atomic mass is 10.1. The Morgan fingerprint density at radius 1 is 1.38 bits per heavy atom. The highest BCUT2D eigenvalue weighted by atomic mass is 19.3. The second kappa shape index (κ2) is 4.69. The molecule has 0 atom stereocenters. The van der Waals surface area contributed by atoms with Crippen LogP contribution in [0.5, 0.6) is 5.75 Å². The number of rotatable bonds is 4. The van der Waals surface area contributed by atoms with Crippen molar-refractivity contribution in [2.75, 3.05) is 6.54 Å². The Balaban J connectivity index is 3.07. The fourth-order valence-electron chi connectivity index (χ4n) is 1.17. The van der Waals surface area contributed by atoms with Gasteiger partial charge in [0.05, 0.1) is 6.54 Å². The maximum Gasteiger partial charge on any atom is 0.387 e. The summed E-state index contributed by atoms with van der Waals surface area (Å²) in [5.41, 5.74) is 4.81. The summed E-state index contributed by atoms with van der Waals surface area (Å²) < 4.78 is 54.4. The first-order valence-electron chi connectivity index (χ1n) is 4.50. The number of ether oxygens (including phenoxy) is 1. The molecule has 0 aromatic heterocycles. The fourth-order valence-corrected chi connectivity index (χ4v) is 1.17. The van der Waals surface area contributed by atoms with Gasteiger partial charge in [-0.05, 0) is 18.6 Å². The minimum absolute atomic E-state index is 0.263. The first-order valence-corrected chi connectivity index (χ1v) is 4.50. The van der Waals surface area contributed by atoms with Gasteiger partial charge in [-0.15, -0.1) is 0 Å². The highest BCUT2D eigenvalue weighted by molar-refractivity contribution is 5.38. The highest BCUT2D eigenvalue weighted by Crippen LogP contribution is 2.31. The van der Waals surface area contributed by atoms with E-state index in [1.54, 1.807) is 0 Å². The zero-order valence-corrected chi connectivity index (χ0v) is 8.51. The Bertz CT molecular complexity index is 368. The summed E-state index contributed by atoms with van der Waals surface area (Å²) in [6.07, 6.45) is 0. The van der Waals surface area contributed by atoms with E-state index in [1.807, 2.05) is 0 Å². The Morgan fingerprint density at radius 3 is 2.50 bits per heavy atom. The van der Waals surface area contributed by atoms with Crippen LogP contribution < -0.4 is 10.5 Å². The van der Waals surface area contributed by atoms with Crippen molar-refractivity contribution in [2.45, 2.75) is 19.5 Å². The molecule has 1 aromatic rings. The topological polar surface area (TPSA) is 35.2 Å². The van der Waals surface area contributed by atoms with Crippen LogP contribution >= 0.6 is 0 Å². The second-order valence-corrected chi connectivity index (χ2v) is 3.27. The molecule has 0 spiro atoms. The standard InChI is InChI=1S/C10H11F4NO/c1-6-2-3-7(10(13,14)5-15)4-8(6)16-9(11)12/h2-4,9H,5,15H2,1H3. The minimum Gasteiger partial charge on any atom is -0.435 e. The molecule has 0 amide bonds. The number of benzene rings is 1. The van der Waals surface area contributed by atoms with Crippen molar-refractivity contribution in [1.82, 2.24) is 0 Å². The summed E-state index contributed by atoms with van der Waals surface area (Å²) in [4.78, 5) is 0. The summed E-state index contributed by atoms with van der Waals surface area (Å²) >= 11 is 0. The van der Waals surface area contributed by atoms with Crippen molar-refractivity contribution in [3.8, 4) is 5.75 Å². The van der Waals surface area contributed by atoms with Gasteiger partial charge in [-0.25, -0.2) is 0 Å². The first-order chi connectivity index (χ1) is 7.36. The van der Waals surface area contributed by atoms with Crippen LogP contribution in [0.1, 0.15) is 11.1 Å². The third kappa shape index (κ3) is 2.85. The first kappa shape index (κ1) is 12.8. The van der Waals surface area contributed by atoms with E-state index in [0.717, 1.165) is 12.1 Å². The van der Waals surface area contributed by atoms with Crippen LogP contribution in [0, 0.1) is 6.92 Å². The van der Waals surface area contributed by atoms with E-state index in [4.69, 9.17) is 5.73 Å². The van der Waals surface area contributed by atoms with E-state index in [2.05, 4.69) is 4.74 Å². The van der Waals surface area contributed by atoms with Gasteiger partial charge in [0.15, 0.2) is 0 Å². The molecule has 0 bridgehead atoms. The molecule has 0 heterocycles. The monoisotopic (exact) mass is 237 g/mol. The van der Waals surface area contributed by atoms with Gasteiger partial charge in [-0.1, -0.05) is 12.1 Å².